The maximum absolute atomic E-state index is 3.73. The Balaban J connectivity index is 1.28. The fraction of sp³-hybridized carbons (Fsp3) is 0.250. The van der Waals surface area contributed by atoms with Crippen molar-refractivity contribution in [1.29, 1.82) is 0 Å². The summed E-state index contributed by atoms with van der Waals surface area (Å²) in [5.74, 6) is 0. The van der Waals surface area contributed by atoms with E-state index in [9.17, 15) is 0 Å². The van der Waals surface area contributed by atoms with E-state index in [0.717, 1.165) is 0 Å². The van der Waals surface area contributed by atoms with Crippen molar-refractivity contribution in [1.82, 2.24) is 0 Å². The molecule has 2 aliphatic rings. The zero-order valence-electron chi connectivity index (χ0n) is 24.5. The van der Waals surface area contributed by atoms with Crippen LogP contribution in [0.3, 0.4) is 0 Å². The molecule has 2 fully saturated rings. The minimum atomic E-state index is 0.615. The Hall–Kier alpha value is -4.30. The van der Waals surface area contributed by atoms with Gasteiger partial charge in [0.05, 0.1) is 0 Å². The van der Waals surface area contributed by atoms with Crippen molar-refractivity contribution < 1.29 is 0 Å². The summed E-state index contributed by atoms with van der Waals surface area (Å²) in [6.07, 6.45) is 19.3. The highest BCUT2D eigenvalue weighted by Crippen LogP contribution is 2.29. The highest BCUT2D eigenvalue weighted by Gasteiger charge is 2.16. The standard InChI is InChI=1S/C40H42N2/c1-3-13-31(14-4-1)39(32-15-5-2-6-16-32)21-11-12-22-40(33-23-27-37(28-24-33)41-35-17-7-8-18-35)34-25-29-38(30-26-34)42-36-19-9-10-20-36/h1-6,11-16,21-30,35-36,41-42H,7-10,17-20H2/b12-11+. The summed E-state index contributed by atoms with van der Waals surface area (Å²) in [5.41, 5.74) is 9.76. The molecular weight excluding hydrogens is 508 g/mol. The molecule has 0 aliphatic heterocycles. The molecule has 0 atom stereocenters. The molecule has 0 amide bonds. The topological polar surface area (TPSA) is 24.1 Å². The lowest BCUT2D eigenvalue weighted by Gasteiger charge is -2.16. The molecule has 0 aromatic heterocycles. The first-order valence-corrected chi connectivity index (χ1v) is 15.8. The maximum atomic E-state index is 3.73. The van der Waals surface area contributed by atoms with Crippen molar-refractivity contribution >= 4 is 22.5 Å². The van der Waals surface area contributed by atoms with E-state index in [-0.39, 0.29) is 0 Å². The number of allylic oxidation sites excluding steroid dienone is 4. The Kier molecular flexibility index (Phi) is 9.32. The van der Waals surface area contributed by atoms with Crippen molar-refractivity contribution in [3.63, 3.8) is 0 Å². The van der Waals surface area contributed by atoms with Gasteiger partial charge in [0, 0.05) is 23.5 Å². The average molecular weight is 551 g/mol. The predicted molar refractivity (Wildman–Crippen MR) is 181 cm³/mol. The van der Waals surface area contributed by atoms with Crippen LogP contribution in [0.5, 0.6) is 0 Å². The summed E-state index contributed by atoms with van der Waals surface area (Å²) in [7, 11) is 0. The van der Waals surface area contributed by atoms with E-state index < -0.39 is 0 Å². The van der Waals surface area contributed by atoms with Gasteiger partial charge in [-0.25, -0.2) is 0 Å². The van der Waals surface area contributed by atoms with Gasteiger partial charge in [0.25, 0.3) is 0 Å². The predicted octanol–water partition coefficient (Wildman–Crippen LogP) is 10.5. The zero-order valence-corrected chi connectivity index (χ0v) is 24.5. The second kappa shape index (κ2) is 14.0. The molecule has 2 heteroatoms. The Morgan fingerprint density at radius 3 is 1.12 bits per heavy atom. The zero-order chi connectivity index (χ0) is 28.4. The molecule has 2 saturated carbocycles. The SMILES string of the molecule is C(/C=C/C=C(c1ccc(NC2CCCC2)cc1)c1ccc(NC2CCCC2)cc1)=C(c1ccccc1)c1ccccc1. The molecule has 0 bridgehead atoms. The number of benzene rings is 4. The van der Waals surface area contributed by atoms with Gasteiger partial charge < -0.3 is 10.6 Å². The van der Waals surface area contributed by atoms with Gasteiger partial charge in [0.1, 0.15) is 0 Å². The number of rotatable bonds is 10. The van der Waals surface area contributed by atoms with Gasteiger partial charge >= 0.3 is 0 Å². The molecule has 0 spiro atoms. The average Bonchev–Trinajstić information content (AvgIpc) is 3.76. The van der Waals surface area contributed by atoms with Crippen LogP contribution in [-0.2, 0) is 0 Å². The molecule has 0 saturated heterocycles. The van der Waals surface area contributed by atoms with Crippen molar-refractivity contribution in [3.05, 3.63) is 156 Å². The van der Waals surface area contributed by atoms with E-state index in [2.05, 4.69) is 144 Å². The molecule has 6 rings (SSSR count). The lowest BCUT2D eigenvalue weighted by atomic mass is 9.96. The summed E-state index contributed by atoms with van der Waals surface area (Å²) >= 11 is 0. The fourth-order valence-electron chi connectivity index (χ4n) is 6.36. The summed E-state index contributed by atoms with van der Waals surface area (Å²) in [4.78, 5) is 0. The first-order valence-electron chi connectivity index (χ1n) is 15.8. The first-order chi connectivity index (χ1) is 20.8. The minimum Gasteiger partial charge on any atom is -0.382 e. The largest absolute Gasteiger partial charge is 0.382 e. The van der Waals surface area contributed by atoms with E-state index >= 15 is 0 Å². The second-order valence-corrected chi connectivity index (χ2v) is 11.7. The molecule has 0 heterocycles. The summed E-state index contributed by atoms with van der Waals surface area (Å²) in [5, 5.41) is 7.47. The summed E-state index contributed by atoms with van der Waals surface area (Å²) in [6, 6.07) is 40.5. The Morgan fingerprint density at radius 2 is 0.762 bits per heavy atom. The molecule has 212 valence electrons. The van der Waals surface area contributed by atoms with E-state index in [0.29, 0.717) is 12.1 Å². The molecule has 42 heavy (non-hydrogen) atoms. The van der Waals surface area contributed by atoms with Gasteiger partial charge in [-0.3, -0.25) is 0 Å². The quantitative estimate of drug-likeness (QED) is 0.192. The van der Waals surface area contributed by atoms with Gasteiger partial charge in [-0.1, -0.05) is 135 Å². The molecule has 0 radical (unpaired) electrons. The van der Waals surface area contributed by atoms with Crippen LogP contribution >= 0.6 is 0 Å². The molecular formula is C40H42N2. The van der Waals surface area contributed by atoms with Gasteiger partial charge in [0.15, 0.2) is 0 Å². The normalized spacial score (nSPS) is 15.5. The van der Waals surface area contributed by atoms with Crippen LogP contribution in [0.15, 0.2) is 133 Å². The number of hydrogen-bond donors (Lipinski definition) is 2. The van der Waals surface area contributed by atoms with E-state index in [1.165, 1.54) is 96.1 Å². The summed E-state index contributed by atoms with van der Waals surface area (Å²) < 4.78 is 0. The number of hydrogen-bond acceptors (Lipinski definition) is 2. The highest BCUT2D eigenvalue weighted by molar-refractivity contribution is 5.83. The van der Waals surface area contributed by atoms with E-state index in [4.69, 9.17) is 0 Å². The third-order valence-electron chi connectivity index (χ3n) is 8.65. The van der Waals surface area contributed by atoms with Gasteiger partial charge in [0.2, 0.25) is 0 Å². The highest BCUT2D eigenvalue weighted by atomic mass is 14.9. The van der Waals surface area contributed by atoms with Crippen LogP contribution in [0, 0.1) is 0 Å². The van der Waals surface area contributed by atoms with Crippen LogP contribution in [0.4, 0.5) is 11.4 Å². The minimum absolute atomic E-state index is 0.615. The first kappa shape index (κ1) is 27.8. The Bertz CT molecular complexity index is 1380. The summed E-state index contributed by atoms with van der Waals surface area (Å²) in [6.45, 7) is 0. The van der Waals surface area contributed by atoms with Crippen LogP contribution in [0.2, 0.25) is 0 Å². The molecule has 2 nitrogen and oxygen atoms in total. The van der Waals surface area contributed by atoms with Crippen molar-refractivity contribution in [2.45, 2.75) is 63.5 Å². The Morgan fingerprint density at radius 1 is 0.429 bits per heavy atom. The van der Waals surface area contributed by atoms with Crippen molar-refractivity contribution in [2.24, 2.45) is 0 Å². The van der Waals surface area contributed by atoms with Crippen LogP contribution in [-0.4, -0.2) is 12.1 Å². The smallest absolute Gasteiger partial charge is 0.0342 e. The third kappa shape index (κ3) is 7.31. The second-order valence-electron chi connectivity index (χ2n) is 11.7. The van der Waals surface area contributed by atoms with Crippen LogP contribution < -0.4 is 10.6 Å². The van der Waals surface area contributed by atoms with E-state index in [1.807, 2.05) is 0 Å². The Labute approximate surface area is 251 Å². The molecule has 0 unspecified atom stereocenters. The van der Waals surface area contributed by atoms with Crippen LogP contribution in [0.25, 0.3) is 11.1 Å². The molecule has 2 aliphatic carbocycles. The molecule has 2 N–H and O–H groups in total. The fourth-order valence-corrected chi connectivity index (χ4v) is 6.36. The molecule has 4 aromatic rings. The van der Waals surface area contributed by atoms with Gasteiger partial charge in [-0.15, -0.1) is 0 Å². The maximum Gasteiger partial charge on any atom is 0.0342 e. The lowest BCUT2D eigenvalue weighted by Crippen LogP contribution is -2.14. The van der Waals surface area contributed by atoms with Crippen molar-refractivity contribution in [2.75, 3.05) is 10.6 Å². The monoisotopic (exact) mass is 550 g/mol. The van der Waals surface area contributed by atoms with E-state index in [1.54, 1.807) is 0 Å². The van der Waals surface area contributed by atoms with Gasteiger partial charge in [-0.2, -0.15) is 0 Å². The molecule has 4 aromatic carbocycles. The van der Waals surface area contributed by atoms with Crippen LogP contribution in [0.1, 0.15) is 73.6 Å². The third-order valence-corrected chi connectivity index (χ3v) is 8.65. The lowest BCUT2D eigenvalue weighted by molar-refractivity contribution is 0.755. The van der Waals surface area contributed by atoms with Crippen molar-refractivity contribution in [3.8, 4) is 0 Å². The van der Waals surface area contributed by atoms with Gasteiger partial charge in [-0.05, 0) is 83.3 Å². The number of nitrogens with one attached hydrogen (secondary N) is 2. The number of anilines is 2.